The van der Waals surface area contributed by atoms with Crippen molar-refractivity contribution < 1.29 is 30.5 Å². The van der Waals surface area contributed by atoms with Crippen LogP contribution >= 0.6 is 0 Å². The number of alkyl halides is 3. The fourth-order valence-electron chi connectivity index (χ4n) is 3.95. The zero-order valence-corrected chi connectivity index (χ0v) is 17.9. The molecule has 0 unspecified atom stereocenters. The standard InChI is InChI=1S/C18H16.C6H5F3O4S/c1-3-7-15-13(5-1)9-11-18-16-8-4-2-6-14(16)10-12-17(15)18;7-6(8,9)14(10,11)13-5-1-3-12-4-2-5/h1,3,5,7,9-12H,2,4,6,8H2;1-3H,4H2. The maximum absolute atomic E-state index is 11.8. The minimum absolute atomic E-state index is 0.0286. The molecule has 0 aromatic heterocycles. The highest BCUT2D eigenvalue weighted by atomic mass is 32.2. The first-order valence-corrected chi connectivity index (χ1v) is 11.6. The summed E-state index contributed by atoms with van der Waals surface area (Å²) >= 11 is 0. The van der Waals surface area contributed by atoms with E-state index >= 15 is 0 Å². The number of allylic oxidation sites excluding steroid dienone is 1. The molecule has 0 radical (unpaired) electrons. The molecule has 2 aliphatic rings. The largest absolute Gasteiger partial charge is 0.534 e. The lowest BCUT2D eigenvalue weighted by Gasteiger charge is -2.18. The van der Waals surface area contributed by atoms with Crippen LogP contribution in [-0.2, 0) is 31.9 Å². The summed E-state index contributed by atoms with van der Waals surface area (Å²) in [5.74, 6) is -0.409. The molecule has 3 aromatic rings. The van der Waals surface area contributed by atoms with E-state index in [4.69, 9.17) is 0 Å². The van der Waals surface area contributed by atoms with Crippen molar-refractivity contribution in [1.82, 2.24) is 0 Å². The highest BCUT2D eigenvalue weighted by Crippen LogP contribution is 2.33. The minimum Gasteiger partial charge on any atom is -0.497 e. The van der Waals surface area contributed by atoms with Crippen LogP contribution in [0.25, 0.3) is 21.5 Å². The van der Waals surface area contributed by atoms with Crippen molar-refractivity contribution in [3.8, 4) is 0 Å². The Bertz CT molecular complexity index is 1310. The maximum Gasteiger partial charge on any atom is 0.534 e. The Hall–Kier alpha value is -3.00. The molecule has 32 heavy (non-hydrogen) atoms. The number of rotatable bonds is 2. The molecule has 0 atom stereocenters. The smallest absolute Gasteiger partial charge is 0.497 e. The van der Waals surface area contributed by atoms with E-state index in [9.17, 15) is 21.6 Å². The molecule has 4 nitrogen and oxygen atoms in total. The van der Waals surface area contributed by atoms with Crippen molar-refractivity contribution in [3.63, 3.8) is 0 Å². The van der Waals surface area contributed by atoms with Gasteiger partial charge < -0.3 is 8.92 Å². The Balaban J connectivity index is 0.000000159. The van der Waals surface area contributed by atoms with Gasteiger partial charge in [0.25, 0.3) is 0 Å². The van der Waals surface area contributed by atoms with E-state index in [1.807, 2.05) is 0 Å². The topological polar surface area (TPSA) is 52.6 Å². The van der Waals surface area contributed by atoms with E-state index < -0.39 is 21.4 Å². The fourth-order valence-corrected chi connectivity index (χ4v) is 4.42. The Morgan fingerprint density at radius 1 is 0.875 bits per heavy atom. The molecule has 0 amide bonds. The van der Waals surface area contributed by atoms with E-state index in [-0.39, 0.29) is 6.61 Å². The van der Waals surface area contributed by atoms with Gasteiger partial charge in [0.05, 0.1) is 6.26 Å². The Labute approximate surface area is 184 Å². The third-order valence-electron chi connectivity index (χ3n) is 5.46. The number of ether oxygens (including phenoxy) is 1. The molecule has 0 spiro atoms. The number of fused-ring (bicyclic) bond motifs is 5. The molecular weight excluding hydrogens is 441 g/mol. The van der Waals surface area contributed by atoms with Gasteiger partial charge in [-0.1, -0.05) is 48.5 Å². The molecule has 0 saturated heterocycles. The first-order valence-electron chi connectivity index (χ1n) is 10.2. The normalized spacial score (nSPS) is 15.9. The third kappa shape index (κ3) is 4.60. The van der Waals surface area contributed by atoms with Gasteiger partial charge in [0, 0.05) is 6.08 Å². The molecule has 0 bridgehead atoms. The number of benzene rings is 3. The minimum atomic E-state index is -5.57. The lowest BCUT2D eigenvalue weighted by molar-refractivity contribution is -0.0520. The highest BCUT2D eigenvalue weighted by molar-refractivity contribution is 7.87. The van der Waals surface area contributed by atoms with Crippen molar-refractivity contribution in [2.75, 3.05) is 6.61 Å². The molecule has 1 heterocycles. The van der Waals surface area contributed by atoms with E-state index in [0.717, 1.165) is 18.4 Å². The first-order chi connectivity index (χ1) is 15.3. The molecular formula is C24H21F3O4S. The lowest BCUT2D eigenvalue weighted by Crippen LogP contribution is -2.25. The van der Waals surface area contributed by atoms with Crippen LogP contribution in [0, 0.1) is 0 Å². The van der Waals surface area contributed by atoms with Gasteiger partial charge in [0.15, 0.2) is 0 Å². The fraction of sp³-hybridized carbons (Fsp3) is 0.250. The van der Waals surface area contributed by atoms with Gasteiger partial charge in [-0.2, -0.15) is 21.6 Å². The molecule has 8 heteroatoms. The second kappa shape index (κ2) is 8.86. The maximum atomic E-state index is 11.8. The molecule has 0 fully saturated rings. The van der Waals surface area contributed by atoms with E-state index in [2.05, 4.69) is 57.5 Å². The number of aryl methyl sites for hydroxylation is 2. The van der Waals surface area contributed by atoms with Crippen LogP contribution in [0.5, 0.6) is 0 Å². The van der Waals surface area contributed by atoms with Gasteiger partial charge in [-0.25, -0.2) is 0 Å². The summed E-state index contributed by atoms with van der Waals surface area (Å²) in [5, 5.41) is 5.64. The number of hydrogen-bond acceptors (Lipinski definition) is 4. The van der Waals surface area contributed by atoms with Crippen molar-refractivity contribution in [3.05, 3.63) is 83.8 Å². The summed E-state index contributed by atoms with van der Waals surface area (Å²) in [6.45, 7) is -0.0286. The van der Waals surface area contributed by atoms with E-state index in [1.165, 1.54) is 47.2 Å². The number of halogens is 3. The molecule has 1 aliphatic heterocycles. The average molecular weight is 462 g/mol. The van der Waals surface area contributed by atoms with Gasteiger partial charge >= 0.3 is 15.6 Å². The van der Waals surface area contributed by atoms with Crippen LogP contribution in [0.1, 0.15) is 24.0 Å². The monoisotopic (exact) mass is 462 g/mol. The third-order valence-corrected chi connectivity index (χ3v) is 6.43. The molecule has 1 aliphatic carbocycles. The summed E-state index contributed by atoms with van der Waals surface area (Å²) < 4.78 is 64.7. The van der Waals surface area contributed by atoms with Gasteiger partial charge in [0.2, 0.25) is 0 Å². The van der Waals surface area contributed by atoms with E-state index in [0.29, 0.717) is 0 Å². The van der Waals surface area contributed by atoms with Gasteiger partial charge in [-0.3, -0.25) is 0 Å². The van der Waals surface area contributed by atoms with Crippen LogP contribution in [-0.4, -0.2) is 20.5 Å². The Morgan fingerprint density at radius 3 is 2.38 bits per heavy atom. The molecule has 3 aromatic carbocycles. The quantitative estimate of drug-likeness (QED) is 0.260. The van der Waals surface area contributed by atoms with Gasteiger partial charge in [0.1, 0.15) is 12.4 Å². The van der Waals surface area contributed by atoms with Crippen molar-refractivity contribution >= 4 is 31.7 Å². The first kappa shape index (κ1) is 22.2. The van der Waals surface area contributed by atoms with Gasteiger partial charge in [-0.05, 0) is 64.4 Å². The summed E-state index contributed by atoms with van der Waals surface area (Å²) in [6.07, 6.45) is 8.31. The highest BCUT2D eigenvalue weighted by Gasteiger charge is 2.48. The number of hydrogen-bond donors (Lipinski definition) is 0. The van der Waals surface area contributed by atoms with Crippen molar-refractivity contribution in [2.24, 2.45) is 0 Å². The van der Waals surface area contributed by atoms with Gasteiger partial charge in [-0.15, -0.1) is 0 Å². The molecule has 168 valence electrons. The lowest BCUT2D eigenvalue weighted by atomic mass is 9.86. The second-order valence-corrected chi connectivity index (χ2v) is 9.06. The molecule has 0 N–H and O–H groups in total. The second-order valence-electron chi connectivity index (χ2n) is 7.52. The van der Waals surface area contributed by atoms with Crippen molar-refractivity contribution in [1.29, 1.82) is 0 Å². The average Bonchev–Trinajstić information content (AvgIpc) is 2.79. The van der Waals surface area contributed by atoms with E-state index in [1.54, 1.807) is 11.1 Å². The predicted molar refractivity (Wildman–Crippen MR) is 117 cm³/mol. The predicted octanol–water partition coefficient (Wildman–Crippen LogP) is 6.15. The molecule has 5 rings (SSSR count). The molecule has 0 saturated carbocycles. The van der Waals surface area contributed by atoms with Crippen LogP contribution < -0.4 is 0 Å². The summed E-state index contributed by atoms with van der Waals surface area (Å²) in [7, 11) is -5.57. The van der Waals surface area contributed by atoms with Crippen LogP contribution in [0.3, 0.4) is 0 Å². The van der Waals surface area contributed by atoms with Crippen LogP contribution in [0.4, 0.5) is 13.2 Å². The zero-order chi connectivity index (χ0) is 22.8. The SMILES string of the molecule is O=S(=O)(OC1=CCOC=C1)C(F)(F)F.c1ccc2c(c1)ccc1c3c(ccc12)CCCC3. The summed E-state index contributed by atoms with van der Waals surface area (Å²) in [4.78, 5) is 0. The van der Waals surface area contributed by atoms with Crippen LogP contribution in [0.2, 0.25) is 0 Å². The van der Waals surface area contributed by atoms with Crippen molar-refractivity contribution in [2.45, 2.75) is 31.2 Å². The summed E-state index contributed by atoms with van der Waals surface area (Å²) in [6, 6.07) is 18.0. The van der Waals surface area contributed by atoms with Crippen LogP contribution in [0.15, 0.2) is 72.7 Å². The Kier molecular flexibility index (Phi) is 6.15. The Morgan fingerprint density at radius 2 is 1.62 bits per heavy atom. The summed E-state index contributed by atoms with van der Waals surface area (Å²) in [5.41, 5.74) is -2.24. The zero-order valence-electron chi connectivity index (χ0n) is 17.1.